The Labute approximate surface area is 137 Å². The van der Waals surface area contributed by atoms with Crippen LogP contribution in [0, 0.1) is 0 Å². The maximum absolute atomic E-state index is 6.18. The molecule has 1 aliphatic rings. The van der Waals surface area contributed by atoms with E-state index < -0.39 is 0 Å². The van der Waals surface area contributed by atoms with E-state index in [0.29, 0.717) is 12.6 Å². The Morgan fingerprint density at radius 3 is 2.39 bits per heavy atom. The molecule has 0 saturated carbocycles. The van der Waals surface area contributed by atoms with Gasteiger partial charge in [-0.05, 0) is 28.9 Å². The SMILES string of the molecule is CN1CO[C@H](c2ccccc2)[C@@H](c2ccc3ccccc3c2)C1. The first kappa shape index (κ1) is 14.4. The van der Waals surface area contributed by atoms with Crippen LogP contribution in [0.1, 0.15) is 23.1 Å². The number of ether oxygens (including phenoxy) is 1. The van der Waals surface area contributed by atoms with Gasteiger partial charge in [-0.25, -0.2) is 0 Å². The molecule has 3 aromatic carbocycles. The summed E-state index contributed by atoms with van der Waals surface area (Å²) in [4.78, 5) is 2.25. The van der Waals surface area contributed by atoms with Gasteiger partial charge in [0.1, 0.15) is 0 Å². The van der Waals surface area contributed by atoms with E-state index in [2.05, 4.69) is 84.7 Å². The smallest absolute Gasteiger partial charge is 0.0996 e. The molecule has 0 radical (unpaired) electrons. The fourth-order valence-electron chi connectivity index (χ4n) is 3.50. The van der Waals surface area contributed by atoms with Crippen molar-refractivity contribution < 1.29 is 4.74 Å². The van der Waals surface area contributed by atoms with E-state index in [9.17, 15) is 0 Å². The topological polar surface area (TPSA) is 12.5 Å². The van der Waals surface area contributed by atoms with Crippen molar-refractivity contribution in [3.8, 4) is 0 Å². The molecular weight excluding hydrogens is 282 g/mol. The fraction of sp³-hybridized carbons (Fsp3) is 0.238. The average molecular weight is 303 g/mol. The average Bonchev–Trinajstić information content (AvgIpc) is 2.62. The minimum absolute atomic E-state index is 0.119. The van der Waals surface area contributed by atoms with Crippen LogP contribution in [0.5, 0.6) is 0 Å². The van der Waals surface area contributed by atoms with Gasteiger partial charge in [0.25, 0.3) is 0 Å². The molecule has 0 aromatic heterocycles. The highest BCUT2D eigenvalue weighted by Crippen LogP contribution is 2.38. The molecule has 23 heavy (non-hydrogen) atoms. The molecule has 1 saturated heterocycles. The molecule has 0 unspecified atom stereocenters. The summed E-state index contributed by atoms with van der Waals surface area (Å²) in [6.45, 7) is 1.70. The Morgan fingerprint density at radius 2 is 1.57 bits per heavy atom. The Bertz CT molecular complexity index is 799. The van der Waals surface area contributed by atoms with Gasteiger partial charge in [-0.15, -0.1) is 0 Å². The van der Waals surface area contributed by atoms with E-state index in [-0.39, 0.29) is 6.10 Å². The van der Waals surface area contributed by atoms with E-state index in [1.807, 2.05) is 0 Å². The summed E-state index contributed by atoms with van der Waals surface area (Å²) < 4.78 is 6.18. The normalized spacial score (nSPS) is 22.3. The predicted molar refractivity (Wildman–Crippen MR) is 94.5 cm³/mol. The Kier molecular flexibility index (Phi) is 3.86. The molecule has 0 aliphatic carbocycles. The number of fused-ring (bicyclic) bond motifs is 1. The van der Waals surface area contributed by atoms with Crippen molar-refractivity contribution in [2.45, 2.75) is 12.0 Å². The second-order valence-corrected chi connectivity index (χ2v) is 6.38. The van der Waals surface area contributed by atoms with Gasteiger partial charge in [-0.1, -0.05) is 72.8 Å². The van der Waals surface area contributed by atoms with Crippen LogP contribution in [-0.2, 0) is 4.74 Å². The Balaban J connectivity index is 1.75. The van der Waals surface area contributed by atoms with Crippen molar-refractivity contribution in [1.82, 2.24) is 4.90 Å². The third-order valence-electron chi connectivity index (χ3n) is 4.68. The standard InChI is InChI=1S/C21H21NO/c1-22-14-20(21(23-15-22)17-8-3-2-4-9-17)19-12-11-16-7-5-6-10-18(16)13-19/h2-13,20-21H,14-15H2,1H3/t20-,21-/m1/s1. The zero-order chi connectivity index (χ0) is 15.6. The lowest BCUT2D eigenvalue weighted by molar-refractivity contribution is -0.0739. The first-order chi connectivity index (χ1) is 11.3. The molecule has 1 heterocycles. The molecule has 2 atom stereocenters. The van der Waals surface area contributed by atoms with Crippen molar-refractivity contribution in [2.24, 2.45) is 0 Å². The van der Waals surface area contributed by atoms with Gasteiger partial charge in [-0.3, -0.25) is 4.90 Å². The van der Waals surface area contributed by atoms with Crippen LogP contribution in [0.25, 0.3) is 10.8 Å². The summed E-state index contributed by atoms with van der Waals surface area (Å²) in [7, 11) is 2.12. The van der Waals surface area contributed by atoms with E-state index in [1.54, 1.807) is 0 Å². The maximum atomic E-state index is 6.18. The lowest BCUT2D eigenvalue weighted by Gasteiger charge is -2.37. The zero-order valence-electron chi connectivity index (χ0n) is 13.4. The highest BCUT2D eigenvalue weighted by molar-refractivity contribution is 5.83. The van der Waals surface area contributed by atoms with Crippen LogP contribution in [0.15, 0.2) is 72.8 Å². The summed E-state index contributed by atoms with van der Waals surface area (Å²) in [5.74, 6) is 0.348. The molecule has 1 aliphatic heterocycles. The number of likely N-dealkylation sites (N-methyl/N-ethyl adjacent to an activating group) is 1. The third kappa shape index (κ3) is 2.88. The fourth-order valence-corrected chi connectivity index (χ4v) is 3.50. The van der Waals surface area contributed by atoms with E-state index in [4.69, 9.17) is 4.74 Å². The second-order valence-electron chi connectivity index (χ2n) is 6.38. The molecule has 2 nitrogen and oxygen atoms in total. The first-order valence-electron chi connectivity index (χ1n) is 8.15. The highest BCUT2D eigenvalue weighted by Gasteiger charge is 2.31. The Hall–Kier alpha value is -2.16. The van der Waals surface area contributed by atoms with E-state index in [0.717, 1.165) is 6.54 Å². The van der Waals surface area contributed by atoms with Crippen molar-refractivity contribution in [2.75, 3.05) is 20.3 Å². The second kappa shape index (κ2) is 6.15. The van der Waals surface area contributed by atoms with E-state index >= 15 is 0 Å². The summed E-state index contributed by atoms with van der Waals surface area (Å²) in [6.07, 6.45) is 0.119. The quantitative estimate of drug-likeness (QED) is 0.687. The predicted octanol–water partition coefficient (Wildman–Crippen LogP) is 4.58. The molecule has 4 rings (SSSR count). The zero-order valence-corrected chi connectivity index (χ0v) is 13.4. The number of benzene rings is 3. The lowest BCUT2D eigenvalue weighted by Crippen LogP contribution is -2.37. The molecule has 1 fully saturated rings. The molecule has 0 N–H and O–H groups in total. The minimum atomic E-state index is 0.119. The van der Waals surface area contributed by atoms with Gasteiger partial charge >= 0.3 is 0 Å². The van der Waals surface area contributed by atoms with Gasteiger partial charge in [0.05, 0.1) is 12.8 Å². The van der Waals surface area contributed by atoms with Crippen LogP contribution < -0.4 is 0 Å². The molecule has 2 heteroatoms. The monoisotopic (exact) mass is 303 g/mol. The number of hydrogen-bond acceptors (Lipinski definition) is 2. The van der Waals surface area contributed by atoms with Crippen LogP contribution in [0.2, 0.25) is 0 Å². The Morgan fingerprint density at radius 1 is 0.826 bits per heavy atom. The minimum Gasteiger partial charge on any atom is -0.357 e. The van der Waals surface area contributed by atoms with Crippen LogP contribution >= 0.6 is 0 Å². The van der Waals surface area contributed by atoms with Gasteiger partial charge in [0.15, 0.2) is 0 Å². The van der Waals surface area contributed by atoms with Crippen LogP contribution in [-0.4, -0.2) is 25.2 Å². The highest BCUT2D eigenvalue weighted by atomic mass is 16.5. The first-order valence-corrected chi connectivity index (χ1v) is 8.15. The van der Waals surface area contributed by atoms with Crippen molar-refractivity contribution in [3.63, 3.8) is 0 Å². The van der Waals surface area contributed by atoms with Crippen molar-refractivity contribution >= 4 is 10.8 Å². The van der Waals surface area contributed by atoms with Gasteiger partial charge in [0.2, 0.25) is 0 Å². The van der Waals surface area contributed by atoms with Gasteiger partial charge in [0, 0.05) is 12.5 Å². The summed E-state index contributed by atoms with van der Waals surface area (Å²) in [5, 5.41) is 2.59. The molecular formula is C21H21NO. The number of rotatable bonds is 2. The van der Waals surface area contributed by atoms with Gasteiger partial charge in [-0.2, -0.15) is 0 Å². The van der Waals surface area contributed by atoms with Crippen molar-refractivity contribution in [3.05, 3.63) is 83.9 Å². The van der Waals surface area contributed by atoms with Gasteiger partial charge < -0.3 is 4.74 Å². The summed E-state index contributed by atoms with van der Waals surface area (Å²) in [5.41, 5.74) is 2.61. The largest absolute Gasteiger partial charge is 0.357 e. The lowest BCUT2D eigenvalue weighted by atomic mass is 9.87. The molecule has 0 spiro atoms. The van der Waals surface area contributed by atoms with Crippen molar-refractivity contribution in [1.29, 1.82) is 0 Å². The number of hydrogen-bond donors (Lipinski definition) is 0. The molecule has 3 aromatic rings. The van der Waals surface area contributed by atoms with E-state index in [1.165, 1.54) is 21.9 Å². The summed E-state index contributed by atoms with van der Waals surface area (Å²) in [6, 6.07) is 25.9. The third-order valence-corrected chi connectivity index (χ3v) is 4.68. The molecule has 0 amide bonds. The molecule has 116 valence electrons. The van der Waals surface area contributed by atoms with Crippen LogP contribution in [0.3, 0.4) is 0 Å². The van der Waals surface area contributed by atoms with Crippen LogP contribution in [0.4, 0.5) is 0 Å². The molecule has 0 bridgehead atoms. The summed E-state index contributed by atoms with van der Waals surface area (Å²) >= 11 is 0. The number of nitrogens with zero attached hydrogens (tertiary/aromatic N) is 1. The maximum Gasteiger partial charge on any atom is 0.0996 e.